The number of carbonyl (C=O) groups is 2. The Kier molecular flexibility index (Phi) is 9.30. The molecule has 0 aromatic heterocycles. The molecular weight excluding hydrogens is 370 g/mol. The quantitative estimate of drug-likeness (QED) is 0.561. The van der Waals surface area contributed by atoms with Crippen molar-refractivity contribution in [2.45, 2.75) is 32.4 Å². The summed E-state index contributed by atoms with van der Waals surface area (Å²) in [5.41, 5.74) is 9.77. The Morgan fingerprint density at radius 3 is 2.00 bits per heavy atom. The Bertz CT molecular complexity index is 810. The fraction of sp³-hybridized carbons (Fsp3) is 0.364. The van der Waals surface area contributed by atoms with Gasteiger partial charge in [0.15, 0.2) is 0 Å². The molecule has 2 aromatic rings. The maximum Gasteiger partial charge on any atom is 0.324 e. The zero-order valence-corrected chi connectivity index (χ0v) is 16.5. The van der Waals surface area contributed by atoms with Crippen LogP contribution in [-0.4, -0.2) is 46.8 Å². The van der Waals surface area contributed by atoms with Crippen molar-refractivity contribution in [3.63, 3.8) is 0 Å². The number of amides is 3. The molecular formula is C22H29N3O4. The van der Waals surface area contributed by atoms with Gasteiger partial charge in [-0.3, -0.25) is 10.1 Å². The molecule has 0 spiro atoms. The molecule has 156 valence electrons. The Hall–Kier alpha value is -2.74. The molecule has 1 aliphatic heterocycles. The van der Waals surface area contributed by atoms with E-state index in [2.05, 4.69) is 5.32 Å². The molecule has 0 atom stereocenters. The zero-order valence-electron chi connectivity index (χ0n) is 16.5. The van der Waals surface area contributed by atoms with Crippen molar-refractivity contribution < 1.29 is 19.8 Å². The number of carbonyl (C=O) groups excluding carboxylic acids is 2. The third kappa shape index (κ3) is 7.65. The van der Waals surface area contributed by atoms with Crippen LogP contribution in [0.3, 0.4) is 0 Å². The second kappa shape index (κ2) is 12.0. The molecule has 1 fully saturated rings. The van der Waals surface area contributed by atoms with Crippen LogP contribution in [0.5, 0.6) is 0 Å². The topological polar surface area (TPSA) is 116 Å². The number of aliphatic hydroxyl groups is 2. The van der Waals surface area contributed by atoms with Crippen molar-refractivity contribution in [3.05, 3.63) is 70.8 Å². The first-order valence-corrected chi connectivity index (χ1v) is 9.72. The minimum Gasteiger partial charge on any atom is -0.396 e. The monoisotopic (exact) mass is 399 g/mol. The van der Waals surface area contributed by atoms with Gasteiger partial charge in [0.1, 0.15) is 0 Å². The summed E-state index contributed by atoms with van der Waals surface area (Å²) in [7, 11) is 0. The van der Waals surface area contributed by atoms with E-state index < -0.39 is 0 Å². The van der Waals surface area contributed by atoms with E-state index in [1.54, 1.807) is 4.90 Å². The number of rotatable bonds is 7. The smallest absolute Gasteiger partial charge is 0.324 e. The number of nitrogens with two attached hydrogens (primary N) is 1. The standard InChI is InChI=1S/C13H16N2O3.C9H13NO/c16-7-5-10-2-1-3-11(8-10)9-15-6-4-12(17)14-13(15)18;10-7-9-3-1-2-8(6-9)4-5-11/h1-3,8,16H,4-7,9H2,(H,14,17,18);1-3,6,11H,4-5,7,10H2. The van der Waals surface area contributed by atoms with E-state index in [9.17, 15) is 9.59 Å². The molecule has 0 unspecified atom stereocenters. The SMILES string of the molecule is NCc1cccc(CCO)c1.O=C1CCN(Cc2cccc(CCO)c2)C(=O)N1. The second-order valence-electron chi connectivity index (χ2n) is 6.82. The van der Waals surface area contributed by atoms with Crippen molar-refractivity contribution in [2.75, 3.05) is 19.8 Å². The number of urea groups is 1. The summed E-state index contributed by atoms with van der Waals surface area (Å²) < 4.78 is 0. The van der Waals surface area contributed by atoms with E-state index in [1.165, 1.54) is 0 Å². The number of nitrogens with zero attached hydrogens (tertiary/aromatic N) is 1. The van der Waals surface area contributed by atoms with Gasteiger partial charge in [-0.25, -0.2) is 4.79 Å². The van der Waals surface area contributed by atoms with Gasteiger partial charge in [0, 0.05) is 39.3 Å². The summed E-state index contributed by atoms with van der Waals surface area (Å²) in [5, 5.41) is 19.8. The predicted molar refractivity (Wildman–Crippen MR) is 111 cm³/mol. The van der Waals surface area contributed by atoms with Gasteiger partial charge in [-0.15, -0.1) is 0 Å². The normalized spacial score (nSPS) is 13.6. The maximum atomic E-state index is 11.6. The van der Waals surface area contributed by atoms with Crippen molar-refractivity contribution in [1.82, 2.24) is 10.2 Å². The van der Waals surface area contributed by atoms with E-state index in [0.717, 1.165) is 22.3 Å². The molecule has 7 nitrogen and oxygen atoms in total. The van der Waals surface area contributed by atoms with Crippen molar-refractivity contribution in [1.29, 1.82) is 0 Å². The van der Waals surface area contributed by atoms with Crippen LogP contribution >= 0.6 is 0 Å². The molecule has 3 amide bonds. The lowest BCUT2D eigenvalue weighted by molar-refractivity contribution is -0.121. The molecule has 0 saturated carbocycles. The minimum atomic E-state index is -0.334. The summed E-state index contributed by atoms with van der Waals surface area (Å²) in [4.78, 5) is 24.2. The zero-order chi connectivity index (χ0) is 21.1. The third-order valence-corrected chi connectivity index (χ3v) is 4.54. The van der Waals surface area contributed by atoms with Gasteiger partial charge in [0.05, 0.1) is 0 Å². The molecule has 1 heterocycles. The summed E-state index contributed by atoms with van der Waals surface area (Å²) in [6.45, 7) is 1.82. The van der Waals surface area contributed by atoms with Crippen LogP contribution in [0.2, 0.25) is 0 Å². The largest absolute Gasteiger partial charge is 0.396 e. The van der Waals surface area contributed by atoms with Crippen LogP contribution in [0.25, 0.3) is 0 Å². The van der Waals surface area contributed by atoms with E-state index in [0.29, 0.717) is 38.9 Å². The highest BCUT2D eigenvalue weighted by Gasteiger charge is 2.22. The van der Waals surface area contributed by atoms with E-state index >= 15 is 0 Å². The molecule has 0 radical (unpaired) electrons. The van der Waals surface area contributed by atoms with Gasteiger partial charge < -0.3 is 20.8 Å². The summed E-state index contributed by atoms with van der Waals surface area (Å²) in [5.74, 6) is -0.217. The van der Waals surface area contributed by atoms with Gasteiger partial charge in [0.25, 0.3) is 0 Å². The van der Waals surface area contributed by atoms with E-state index in [4.69, 9.17) is 15.9 Å². The van der Waals surface area contributed by atoms with Crippen LogP contribution in [-0.2, 0) is 30.7 Å². The van der Waals surface area contributed by atoms with Crippen LogP contribution < -0.4 is 11.1 Å². The van der Waals surface area contributed by atoms with Gasteiger partial charge in [-0.05, 0) is 35.1 Å². The highest BCUT2D eigenvalue weighted by Crippen LogP contribution is 2.11. The van der Waals surface area contributed by atoms with Crippen molar-refractivity contribution >= 4 is 11.9 Å². The first kappa shape index (κ1) is 22.5. The summed E-state index contributed by atoms with van der Waals surface area (Å²) in [6.07, 6.45) is 1.68. The molecule has 1 aliphatic rings. The lowest BCUT2D eigenvalue weighted by atomic mass is 10.1. The molecule has 5 N–H and O–H groups in total. The molecule has 0 aliphatic carbocycles. The Labute approximate surface area is 171 Å². The average molecular weight is 399 g/mol. The second-order valence-corrected chi connectivity index (χ2v) is 6.82. The third-order valence-electron chi connectivity index (χ3n) is 4.54. The molecule has 7 heteroatoms. The predicted octanol–water partition coefficient (Wildman–Crippen LogP) is 1.34. The molecule has 29 heavy (non-hydrogen) atoms. The van der Waals surface area contributed by atoms with Gasteiger partial charge >= 0.3 is 6.03 Å². The number of hydrogen-bond donors (Lipinski definition) is 4. The van der Waals surface area contributed by atoms with Gasteiger partial charge in [-0.2, -0.15) is 0 Å². The molecule has 3 rings (SSSR count). The Morgan fingerprint density at radius 2 is 1.45 bits per heavy atom. The average Bonchev–Trinajstić information content (AvgIpc) is 2.72. The first-order valence-electron chi connectivity index (χ1n) is 9.72. The number of nitrogens with one attached hydrogen (secondary N) is 1. The van der Waals surface area contributed by atoms with Crippen LogP contribution in [0, 0.1) is 0 Å². The van der Waals surface area contributed by atoms with Crippen molar-refractivity contribution in [2.24, 2.45) is 5.73 Å². The fourth-order valence-corrected chi connectivity index (χ4v) is 3.02. The number of hydrogen-bond acceptors (Lipinski definition) is 5. The minimum absolute atomic E-state index is 0.113. The van der Waals surface area contributed by atoms with Crippen molar-refractivity contribution in [3.8, 4) is 0 Å². The maximum absolute atomic E-state index is 11.6. The molecule has 1 saturated heterocycles. The first-order chi connectivity index (χ1) is 14.0. The Morgan fingerprint density at radius 1 is 0.897 bits per heavy atom. The van der Waals surface area contributed by atoms with E-state index in [1.807, 2.05) is 48.5 Å². The fourth-order valence-electron chi connectivity index (χ4n) is 3.02. The van der Waals surface area contributed by atoms with Crippen LogP contribution in [0.15, 0.2) is 48.5 Å². The van der Waals surface area contributed by atoms with E-state index in [-0.39, 0.29) is 25.2 Å². The Balaban J connectivity index is 0.000000234. The van der Waals surface area contributed by atoms with Crippen LogP contribution in [0.4, 0.5) is 4.79 Å². The lowest BCUT2D eigenvalue weighted by Crippen LogP contribution is -2.48. The van der Waals surface area contributed by atoms with Gasteiger partial charge in [-0.1, -0.05) is 48.5 Å². The highest BCUT2D eigenvalue weighted by molar-refractivity contribution is 5.96. The van der Waals surface area contributed by atoms with Crippen LogP contribution in [0.1, 0.15) is 28.7 Å². The highest BCUT2D eigenvalue weighted by atomic mass is 16.3. The molecule has 2 aromatic carbocycles. The number of aliphatic hydroxyl groups excluding tert-OH is 2. The molecule has 0 bridgehead atoms. The lowest BCUT2D eigenvalue weighted by Gasteiger charge is -2.26. The van der Waals surface area contributed by atoms with Gasteiger partial charge in [0.2, 0.25) is 5.91 Å². The summed E-state index contributed by atoms with van der Waals surface area (Å²) >= 11 is 0. The summed E-state index contributed by atoms with van der Waals surface area (Å²) in [6, 6.07) is 15.4. The number of imide groups is 1. The number of benzene rings is 2.